The molecule has 0 atom stereocenters. The number of amidine groups is 1. The van der Waals surface area contributed by atoms with Crippen molar-refractivity contribution in [2.75, 3.05) is 26.8 Å². The molecule has 3 N–H and O–H groups in total. The molecule has 0 amide bonds. The maximum Gasteiger partial charge on any atom is 0.126 e. The first-order valence-corrected chi connectivity index (χ1v) is 6.00. The Morgan fingerprint density at radius 2 is 1.89 bits per heavy atom. The Balaban J connectivity index is 2.66. The first-order chi connectivity index (χ1) is 9.01. The Labute approximate surface area is 111 Å². The average Bonchev–Trinajstić information content (AvgIpc) is 2.31. The van der Waals surface area contributed by atoms with Gasteiger partial charge in [0.2, 0.25) is 0 Å². The Morgan fingerprint density at radius 1 is 1.26 bits per heavy atom. The Kier molecular flexibility index (Phi) is 6.38. The third-order valence-corrected chi connectivity index (χ3v) is 2.64. The number of nitrogens with one attached hydrogen (secondary N) is 1. The van der Waals surface area contributed by atoms with Gasteiger partial charge in [0, 0.05) is 39.2 Å². The molecule has 106 valence electrons. The van der Waals surface area contributed by atoms with E-state index in [1.807, 2.05) is 4.90 Å². The topological polar surface area (TPSA) is 62.3 Å². The number of ether oxygens (including phenoxy) is 1. The molecule has 0 bridgehead atoms. The van der Waals surface area contributed by atoms with Crippen molar-refractivity contribution < 1.29 is 13.5 Å². The summed E-state index contributed by atoms with van der Waals surface area (Å²) in [6.07, 6.45) is 0.418. The second kappa shape index (κ2) is 7.81. The van der Waals surface area contributed by atoms with Crippen LogP contribution in [-0.2, 0) is 11.3 Å². The molecule has 0 radical (unpaired) electrons. The van der Waals surface area contributed by atoms with Gasteiger partial charge in [0.05, 0.1) is 12.4 Å². The van der Waals surface area contributed by atoms with Crippen LogP contribution in [0.3, 0.4) is 0 Å². The SMILES string of the molecule is COCCN(CCC(=N)N)Cc1cc(F)cc(F)c1. The number of nitrogens with two attached hydrogens (primary N) is 1. The molecule has 1 aromatic rings. The fraction of sp³-hybridized carbons (Fsp3) is 0.462. The second-order valence-corrected chi connectivity index (χ2v) is 4.32. The molecule has 0 heterocycles. The molecule has 0 saturated heterocycles. The number of nitrogens with zero attached hydrogens (tertiary/aromatic N) is 1. The van der Waals surface area contributed by atoms with E-state index in [0.29, 0.717) is 38.2 Å². The summed E-state index contributed by atoms with van der Waals surface area (Å²) in [6.45, 7) is 2.07. The highest BCUT2D eigenvalue weighted by Crippen LogP contribution is 2.11. The van der Waals surface area contributed by atoms with Crippen molar-refractivity contribution >= 4 is 5.84 Å². The van der Waals surface area contributed by atoms with Crippen LogP contribution >= 0.6 is 0 Å². The molecule has 1 aromatic carbocycles. The first kappa shape index (κ1) is 15.5. The molecule has 0 aliphatic heterocycles. The second-order valence-electron chi connectivity index (χ2n) is 4.32. The van der Waals surface area contributed by atoms with Gasteiger partial charge in [-0.25, -0.2) is 8.78 Å². The maximum absolute atomic E-state index is 13.1. The minimum absolute atomic E-state index is 0.0906. The van der Waals surface area contributed by atoms with Gasteiger partial charge in [-0.2, -0.15) is 0 Å². The molecule has 6 heteroatoms. The molecule has 4 nitrogen and oxygen atoms in total. The van der Waals surface area contributed by atoms with E-state index in [4.69, 9.17) is 15.9 Å². The molecular formula is C13H19F2N3O. The highest BCUT2D eigenvalue weighted by molar-refractivity contribution is 5.76. The van der Waals surface area contributed by atoms with Crippen LogP contribution in [-0.4, -0.2) is 37.5 Å². The molecule has 1 rings (SSSR count). The molecule has 19 heavy (non-hydrogen) atoms. The average molecular weight is 271 g/mol. The number of methoxy groups -OCH3 is 1. The van der Waals surface area contributed by atoms with Gasteiger partial charge in [0.15, 0.2) is 0 Å². The molecule has 0 unspecified atom stereocenters. The zero-order valence-electron chi connectivity index (χ0n) is 11.0. The Bertz CT molecular complexity index is 406. The summed E-state index contributed by atoms with van der Waals surface area (Å²) in [4.78, 5) is 1.94. The quantitative estimate of drug-likeness (QED) is 0.559. The van der Waals surface area contributed by atoms with Crippen LogP contribution in [0.25, 0.3) is 0 Å². The lowest BCUT2D eigenvalue weighted by atomic mass is 10.2. The van der Waals surface area contributed by atoms with Gasteiger partial charge in [-0.1, -0.05) is 0 Å². The predicted molar refractivity (Wildman–Crippen MR) is 70.0 cm³/mol. The summed E-state index contributed by atoms with van der Waals surface area (Å²) < 4.78 is 31.2. The van der Waals surface area contributed by atoms with Crippen LogP contribution < -0.4 is 5.73 Å². The number of benzene rings is 1. The van der Waals surface area contributed by atoms with Crippen LogP contribution in [0.4, 0.5) is 8.78 Å². The summed E-state index contributed by atoms with van der Waals surface area (Å²) in [5, 5.41) is 7.21. The lowest BCUT2D eigenvalue weighted by molar-refractivity contribution is 0.145. The highest BCUT2D eigenvalue weighted by atomic mass is 19.1. The van der Waals surface area contributed by atoms with Gasteiger partial charge in [-0.15, -0.1) is 0 Å². The molecule has 0 fully saturated rings. The molecule has 0 aromatic heterocycles. The smallest absolute Gasteiger partial charge is 0.126 e. The van der Waals surface area contributed by atoms with Crippen molar-refractivity contribution in [1.82, 2.24) is 4.90 Å². The van der Waals surface area contributed by atoms with Crippen molar-refractivity contribution in [1.29, 1.82) is 5.41 Å². The summed E-state index contributed by atoms with van der Waals surface area (Å²) >= 11 is 0. The summed E-state index contributed by atoms with van der Waals surface area (Å²) in [6, 6.07) is 3.45. The molecule has 0 aliphatic rings. The summed E-state index contributed by atoms with van der Waals surface area (Å²) in [5.41, 5.74) is 5.87. The fourth-order valence-corrected chi connectivity index (χ4v) is 1.73. The van der Waals surface area contributed by atoms with Crippen LogP contribution in [0.15, 0.2) is 18.2 Å². The highest BCUT2D eigenvalue weighted by Gasteiger charge is 2.08. The zero-order chi connectivity index (χ0) is 14.3. The Morgan fingerprint density at radius 3 is 2.42 bits per heavy atom. The summed E-state index contributed by atoms with van der Waals surface area (Å²) in [7, 11) is 1.59. The standard InChI is InChI=1S/C13H19F2N3O/c1-19-5-4-18(3-2-13(16)17)9-10-6-11(14)8-12(15)7-10/h6-8H,2-5,9H2,1H3,(H3,16,17). The fourth-order valence-electron chi connectivity index (χ4n) is 1.73. The van der Waals surface area contributed by atoms with Crippen molar-refractivity contribution in [2.24, 2.45) is 5.73 Å². The zero-order valence-corrected chi connectivity index (χ0v) is 11.0. The third-order valence-electron chi connectivity index (χ3n) is 2.64. The van der Waals surface area contributed by atoms with E-state index in [0.717, 1.165) is 6.07 Å². The number of halogens is 2. The minimum atomic E-state index is -0.590. The first-order valence-electron chi connectivity index (χ1n) is 6.00. The van der Waals surface area contributed by atoms with E-state index in [1.165, 1.54) is 12.1 Å². The molecule has 0 aliphatic carbocycles. The van der Waals surface area contributed by atoms with Crippen LogP contribution in [0.5, 0.6) is 0 Å². The van der Waals surface area contributed by atoms with Gasteiger partial charge < -0.3 is 10.5 Å². The van der Waals surface area contributed by atoms with Gasteiger partial charge >= 0.3 is 0 Å². The van der Waals surface area contributed by atoms with Crippen molar-refractivity contribution in [3.05, 3.63) is 35.4 Å². The van der Waals surface area contributed by atoms with Crippen LogP contribution in [0.2, 0.25) is 0 Å². The van der Waals surface area contributed by atoms with E-state index in [-0.39, 0.29) is 5.84 Å². The lowest BCUT2D eigenvalue weighted by Gasteiger charge is -2.21. The molecule has 0 saturated carbocycles. The number of hydrogen-bond donors (Lipinski definition) is 2. The predicted octanol–water partition coefficient (Wildman–Crippen LogP) is 1.74. The van der Waals surface area contributed by atoms with Crippen molar-refractivity contribution in [3.8, 4) is 0 Å². The van der Waals surface area contributed by atoms with Gasteiger partial charge in [0.25, 0.3) is 0 Å². The number of rotatable bonds is 8. The van der Waals surface area contributed by atoms with E-state index < -0.39 is 11.6 Å². The normalized spacial score (nSPS) is 10.9. The largest absolute Gasteiger partial charge is 0.388 e. The molecular weight excluding hydrogens is 252 g/mol. The lowest BCUT2D eigenvalue weighted by Crippen LogP contribution is -2.30. The van der Waals surface area contributed by atoms with Crippen LogP contribution in [0.1, 0.15) is 12.0 Å². The van der Waals surface area contributed by atoms with E-state index in [1.54, 1.807) is 7.11 Å². The van der Waals surface area contributed by atoms with Gasteiger partial charge in [-0.05, 0) is 17.7 Å². The van der Waals surface area contributed by atoms with Crippen LogP contribution in [0, 0.1) is 17.0 Å². The maximum atomic E-state index is 13.1. The summed E-state index contributed by atoms with van der Waals surface area (Å²) in [5.74, 6) is -1.09. The molecule has 0 spiro atoms. The van der Waals surface area contributed by atoms with Crippen molar-refractivity contribution in [2.45, 2.75) is 13.0 Å². The monoisotopic (exact) mass is 271 g/mol. The van der Waals surface area contributed by atoms with Gasteiger partial charge in [0.1, 0.15) is 11.6 Å². The van der Waals surface area contributed by atoms with Crippen molar-refractivity contribution in [3.63, 3.8) is 0 Å². The van der Waals surface area contributed by atoms with E-state index in [2.05, 4.69) is 0 Å². The van der Waals surface area contributed by atoms with E-state index >= 15 is 0 Å². The minimum Gasteiger partial charge on any atom is -0.388 e. The Hall–Kier alpha value is -1.53. The number of hydrogen-bond acceptors (Lipinski definition) is 3. The van der Waals surface area contributed by atoms with E-state index in [9.17, 15) is 8.78 Å². The van der Waals surface area contributed by atoms with Gasteiger partial charge in [-0.3, -0.25) is 10.3 Å². The third kappa shape index (κ3) is 6.26.